The van der Waals surface area contributed by atoms with E-state index in [-0.39, 0.29) is 13.0 Å². The fraction of sp³-hybridized carbons (Fsp3) is 0.263. The van der Waals surface area contributed by atoms with Crippen molar-refractivity contribution in [3.8, 4) is 11.8 Å². The molecule has 0 radical (unpaired) electrons. The molecule has 1 amide bonds. The summed E-state index contributed by atoms with van der Waals surface area (Å²) in [6, 6.07) is 13.8. The summed E-state index contributed by atoms with van der Waals surface area (Å²) in [6.07, 6.45) is 1.00. The van der Waals surface area contributed by atoms with Gasteiger partial charge in [0, 0.05) is 13.0 Å². The fourth-order valence-corrected chi connectivity index (χ4v) is 3.49. The van der Waals surface area contributed by atoms with Crippen LogP contribution in [-0.2, 0) is 14.8 Å². The van der Waals surface area contributed by atoms with Crippen molar-refractivity contribution in [1.82, 2.24) is 0 Å². The van der Waals surface area contributed by atoms with Gasteiger partial charge in [0.05, 0.1) is 30.3 Å². The zero-order valence-corrected chi connectivity index (χ0v) is 16.2. The molecule has 0 atom stereocenters. The van der Waals surface area contributed by atoms with Gasteiger partial charge in [0.2, 0.25) is 15.9 Å². The van der Waals surface area contributed by atoms with Crippen molar-refractivity contribution in [1.29, 1.82) is 5.26 Å². The van der Waals surface area contributed by atoms with Crippen LogP contribution in [-0.4, -0.2) is 34.2 Å². The molecular weight excluding hydrogens is 366 g/mol. The van der Waals surface area contributed by atoms with Crippen molar-refractivity contribution < 1.29 is 17.9 Å². The van der Waals surface area contributed by atoms with Crippen molar-refractivity contribution in [3.63, 3.8) is 0 Å². The van der Waals surface area contributed by atoms with E-state index in [2.05, 4.69) is 5.32 Å². The fourth-order valence-electron chi connectivity index (χ4n) is 2.57. The molecule has 0 fully saturated rings. The number of rotatable bonds is 7. The number of nitriles is 1. The van der Waals surface area contributed by atoms with Gasteiger partial charge in [-0.15, -0.1) is 0 Å². The lowest BCUT2D eigenvalue weighted by Crippen LogP contribution is -2.33. The van der Waals surface area contributed by atoms with Crippen LogP contribution in [0.15, 0.2) is 42.5 Å². The Morgan fingerprint density at radius 2 is 1.96 bits per heavy atom. The first-order chi connectivity index (χ1) is 12.8. The third kappa shape index (κ3) is 5.21. The van der Waals surface area contributed by atoms with Crippen molar-refractivity contribution >= 4 is 27.3 Å². The predicted molar refractivity (Wildman–Crippen MR) is 104 cm³/mol. The summed E-state index contributed by atoms with van der Waals surface area (Å²) in [4.78, 5) is 12.3. The van der Waals surface area contributed by atoms with Crippen molar-refractivity contribution in [2.75, 3.05) is 29.5 Å². The van der Waals surface area contributed by atoms with Crippen LogP contribution < -0.4 is 14.4 Å². The van der Waals surface area contributed by atoms with Crippen molar-refractivity contribution in [2.45, 2.75) is 13.3 Å². The van der Waals surface area contributed by atoms with Gasteiger partial charge in [-0.1, -0.05) is 18.2 Å². The molecule has 2 aromatic carbocycles. The predicted octanol–water partition coefficient (Wildman–Crippen LogP) is 2.67. The normalized spacial score (nSPS) is 10.7. The summed E-state index contributed by atoms with van der Waals surface area (Å²) in [7, 11) is -2.17. The summed E-state index contributed by atoms with van der Waals surface area (Å²) in [6.45, 7) is 1.79. The number of nitrogens with one attached hydrogen (secondary N) is 1. The number of carbonyl (C=O) groups excluding carboxylic acids is 1. The number of sulfonamides is 1. The maximum absolute atomic E-state index is 12.3. The number of methoxy groups -OCH3 is 1. The van der Waals surface area contributed by atoms with Crippen LogP contribution in [0.1, 0.15) is 17.5 Å². The van der Waals surface area contributed by atoms with Gasteiger partial charge in [-0.3, -0.25) is 9.10 Å². The molecule has 0 saturated heterocycles. The molecule has 0 aliphatic carbocycles. The third-order valence-corrected chi connectivity index (χ3v) is 5.05. The number of hydrogen-bond donors (Lipinski definition) is 1. The van der Waals surface area contributed by atoms with E-state index in [1.54, 1.807) is 36.4 Å². The van der Waals surface area contributed by atoms with E-state index in [4.69, 9.17) is 10.00 Å². The van der Waals surface area contributed by atoms with Gasteiger partial charge in [-0.05, 0) is 36.8 Å². The molecule has 142 valence electrons. The largest absolute Gasteiger partial charge is 0.495 e. The number of para-hydroxylation sites is 1. The number of hydrogen-bond acceptors (Lipinski definition) is 5. The highest BCUT2D eigenvalue weighted by molar-refractivity contribution is 7.92. The standard InChI is InChI=1S/C19H21N3O4S/c1-14-8-9-18(26-2)17(12-14)22(27(3,24)25)11-10-19(23)21-16-7-5-4-6-15(16)13-20/h4-9,12H,10-11H2,1-3H3,(H,21,23). The minimum absolute atomic E-state index is 0.0563. The number of carbonyl (C=O) groups is 1. The SMILES string of the molecule is COc1ccc(C)cc1N(CCC(=O)Nc1ccccc1C#N)S(C)(=O)=O. The molecule has 8 heteroatoms. The molecule has 0 aromatic heterocycles. The Kier molecular flexibility index (Phi) is 6.42. The lowest BCUT2D eigenvalue weighted by Gasteiger charge is -2.24. The molecule has 0 unspecified atom stereocenters. The molecule has 0 aliphatic heterocycles. The lowest BCUT2D eigenvalue weighted by atomic mass is 10.2. The van der Waals surface area contributed by atoms with Gasteiger partial charge >= 0.3 is 0 Å². The molecule has 0 aliphatic rings. The highest BCUT2D eigenvalue weighted by Crippen LogP contribution is 2.31. The van der Waals surface area contributed by atoms with Crippen LogP contribution >= 0.6 is 0 Å². The van der Waals surface area contributed by atoms with Gasteiger partial charge in [0.15, 0.2) is 0 Å². The number of aryl methyl sites for hydroxylation is 1. The summed E-state index contributed by atoms with van der Waals surface area (Å²) in [5.41, 5.74) is 1.98. The highest BCUT2D eigenvalue weighted by Gasteiger charge is 2.22. The van der Waals surface area contributed by atoms with E-state index < -0.39 is 15.9 Å². The Hall–Kier alpha value is -3.05. The summed E-state index contributed by atoms with van der Waals surface area (Å²) >= 11 is 0. The van der Waals surface area contributed by atoms with Crippen LogP contribution in [0.3, 0.4) is 0 Å². The van der Waals surface area contributed by atoms with Crippen LogP contribution in [0.25, 0.3) is 0 Å². The van der Waals surface area contributed by atoms with E-state index in [1.165, 1.54) is 7.11 Å². The monoisotopic (exact) mass is 387 g/mol. The zero-order chi connectivity index (χ0) is 20.0. The Labute approximate surface area is 159 Å². The van der Waals surface area contributed by atoms with Gasteiger partial charge in [-0.2, -0.15) is 5.26 Å². The van der Waals surface area contributed by atoms with E-state index in [0.717, 1.165) is 16.1 Å². The highest BCUT2D eigenvalue weighted by atomic mass is 32.2. The first-order valence-electron chi connectivity index (χ1n) is 8.17. The molecule has 2 aromatic rings. The molecule has 0 saturated carbocycles. The second-order valence-electron chi connectivity index (χ2n) is 5.97. The maximum Gasteiger partial charge on any atom is 0.232 e. The maximum atomic E-state index is 12.3. The Bertz CT molecular complexity index is 981. The van der Waals surface area contributed by atoms with Gasteiger partial charge in [0.25, 0.3) is 0 Å². The van der Waals surface area contributed by atoms with Crippen molar-refractivity contribution in [3.05, 3.63) is 53.6 Å². The molecule has 7 nitrogen and oxygen atoms in total. The second kappa shape index (κ2) is 8.56. The smallest absolute Gasteiger partial charge is 0.232 e. The molecule has 0 heterocycles. The molecule has 0 bridgehead atoms. The Balaban J connectivity index is 2.20. The van der Waals surface area contributed by atoms with Gasteiger partial charge in [0.1, 0.15) is 11.8 Å². The number of benzene rings is 2. The number of nitrogens with zero attached hydrogens (tertiary/aromatic N) is 2. The number of amides is 1. The lowest BCUT2D eigenvalue weighted by molar-refractivity contribution is -0.116. The summed E-state index contributed by atoms with van der Waals surface area (Å²) in [5.74, 6) is 0.0132. The Morgan fingerprint density at radius 1 is 1.26 bits per heavy atom. The average Bonchev–Trinajstić information content (AvgIpc) is 2.61. The van der Waals surface area contributed by atoms with E-state index in [0.29, 0.717) is 22.7 Å². The summed E-state index contributed by atoms with van der Waals surface area (Å²) in [5, 5.41) is 11.7. The van der Waals surface area contributed by atoms with E-state index in [1.807, 2.05) is 19.1 Å². The van der Waals surface area contributed by atoms with E-state index in [9.17, 15) is 13.2 Å². The quantitative estimate of drug-likeness (QED) is 0.787. The molecule has 27 heavy (non-hydrogen) atoms. The van der Waals surface area contributed by atoms with Crippen LogP contribution in [0.2, 0.25) is 0 Å². The first kappa shape index (κ1) is 20.3. The third-order valence-electron chi connectivity index (χ3n) is 3.87. The van der Waals surface area contributed by atoms with Gasteiger partial charge < -0.3 is 10.1 Å². The van der Waals surface area contributed by atoms with Crippen molar-refractivity contribution in [2.24, 2.45) is 0 Å². The molecule has 0 spiro atoms. The minimum Gasteiger partial charge on any atom is -0.495 e. The number of anilines is 2. The minimum atomic E-state index is -3.63. The number of ether oxygens (including phenoxy) is 1. The average molecular weight is 387 g/mol. The zero-order valence-electron chi connectivity index (χ0n) is 15.4. The molecule has 2 rings (SSSR count). The van der Waals surface area contributed by atoms with Crippen LogP contribution in [0.4, 0.5) is 11.4 Å². The van der Waals surface area contributed by atoms with Gasteiger partial charge in [-0.25, -0.2) is 8.42 Å². The second-order valence-corrected chi connectivity index (χ2v) is 7.87. The topological polar surface area (TPSA) is 99.5 Å². The first-order valence-corrected chi connectivity index (χ1v) is 10.0. The van der Waals surface area contributed by atoms with Crippen LogP contribution in [0, 0.1) is 18.3 Å². The molecular formula is C19H21N3O4S. The Morgan fingerprint density at radius 3 is 2.59 bits per heavy atom. The van der Waals surface area contributed by atoms with E-state index >= 15 is 0 Å². The summed E-state index contributed by atoms with van der Waals surface area (Å²) < 4.78 is 31.0. The molecule has 1 N–H and O–H groups in total. The van der Waals surface area contributed by atoms with Crippen LogP contribution in [0.5, 0.6) is 5.75 Å².